The van der Waals surface area contributed by atoms with Gasteiger partial charge in [-0.15, -0.1) is 0 Å². The Morgan fingerprint density at radius 2 is 1.68 bits per heavy atom. The summed E-state index contributed by atoms with van der Waals surface area (Å²) in [6.45, 7) is 2.63. The number of aliphatic hydroxyl groups excluding tert-OH is 1. The zero-order valence-corrected chi connectivity index (χ0v) is 22.7. The van der Waals surface area contributed by atoms with Crippen LogP contribution in [0.2, 0.25) is 0 Å². The number of hydrogen-bond donors (Lipinski definition) is 1. The molecule has 1 aliphatic rings. The maximum atomic E-state index is 13.4. The molecule has 0 unspecified atom stereocenters. The van der Waals surface area contributed by atoms with Crippen molar-refractivity contribution in [3.8, 4) is 5.75 Å². The Morgan fingerprint density at radius 3 is 2.33 bits per heavy atom. The average molecular weight is 534 g/mol. The molecule has 7 heteroatoms. The van der Waals surface area contributed by atoms with Crippen molar-refractivity contribution in [2.24, 2.45) is 0 Å². The molecule has 40 heavy (non-hydrogen) atoms. The van der Waals surface area contributed by atoms with E-state index in [0.29, 0.717) is 17.9 Å². The lowest BCUT2D eigenvalue weighted by atomic mass is 9.95. The molecule has 1 saturated heterocycles. The number of amides is 1. The van der Waals surface area contributed by atoms with Crippen LogP contribution in [0.1, 0.15) is 33.9 Å². The van der Waals surface area contributed by atoms with Gasteiger partial charge >= 0.3 is 0 Å². The van der Waals surface area contributed by atoms with E-state index in [1.54, 1.807) is 42.7 Å². The summed E-state index contributed by atoms with van der Waals surface area (Å²) in [7, 11) is 3.88. The Balaban J connectivity index is 1.48. The molecule has 1 fully saturated rings. The molecule has 7 nitrogen and oxygen atoms in total. The van der Waals surface area contributed by atoms with Gasteiger partial charge in [0.15, 0.2) is 0 Å². The minimum Gasteiger partial charge on any atom is -0.507 e. The van der Waals surface area contributed by atoms with Crippen molar-refractivity contribution in [1.29, 1.82) is 0 Å². The Morgan fingerprint density at radius 1 is 0.950 bits per heavy atom. The molecule has 5 rings (SSSR count). The van der Waals surface area contributed by atoms with E-state index < -0.39 is 17.7 Å². The van der Waals surface area contributed by atoms with E-state index in [1.807, 2.05) is 74.4 Å². The molecule has 3 aromatic carbocycles. The highest BCUT2D eigenvalue weighted by molar-refractivity contribution is 6.46. The van der Waals surface area contributed by atoms with E-state index in [9.17, 15) is 14.7 Å². The third-order valence-electron chi connectivity index (χ3n) is 6.96. The lowest BCUT2D eigenvalue weighted by Crippen LogP contribution is -2.29. The van der Waals surface area contributed by atoms with Crippen LogP contribution in [0.15, 0.2) is 103 Å². The Kier molecular flexibility index (Phi) is 7.64. The number of aromatic nitrogens is 1. The normalized spacial score (nSPS) is 16.3. The maximum absolute atomic E-state index is 13.4. The molecule has 0 saturated carbocycles. The third kappa shape index (κ3) is 5.59. The van der Waals surface area contributed by atoms with Crippen LogP contribution in [0.5, 0.6) is 5.75 Å². The summed E-state index contributed by atoms with van der Waals surface area (Å²) in [5.74, 6) is -0.974. The first-order valence-corrected chi connectivity index (χ1v) is 13.0. The average Bonchev–Trinajstić information content (AvgIpc) is 3.21. The van der Waals surface area contributed by atoms with Gasteiger partial charge in [0, 0.05) is 44.3 Å². The molecule has 0 radical (unpaired) electrons. The fourth-order valence-corrected chi connectivity index (χ4v) is 4.87. The van der Waals surface area contributed by atoms with Crippen molar-refractivity contribution in [2.45, 2.75) is 26.1 Å². The number of hydrogen-bond acceptors (Lipinski definition) is 6. The van der Waals surface area contributed by atoms with Gasteiger partial charge in [0.2, 0.25) is 0 Å². The van der Waals surface area contributed by atoms with Crippen LogP contribution in [0.3, 0.4) is 0 Å². The second-order valence-electron chi connectivity index (χ2n) is 10.1. The first kappa shape index (κ1) is 26.7. The van der Waals surface area contributed by atoms with Crippen molar-refractivity contribution >= 4 is 23.1 Å². The van der Waals surface area contributed by atoms with Crippen LogP contribution in [0, 0.1) is 6.92 Å². The smallest absolute Gasteiger partial charge is 0.295 e. The predicted octanol–water partition coefficient (Wildman–Crippen LogP) is 5.66. The van der Waals surface area contributed by atoms with Gasteiger partial charge < -0.3 is 19.6 Å². The minimum absolute atomic E-state index is 0.0555. The Bertz CT molecular complexity index is 1550. The van der Waals surface area contributed by atoms with E-state index in [1.165, 1.54) is 4.90 Å². The highest BCUT2D eigenvalue weighted by Gasteiger charge is 2.46. The summed E-state index contributed by atoms with van der Waals surface area (Å²) < 4.78 is 5.91. The first-order chi connectivity index (χ1) is 19.3. The quantitative estimate of drug-likeness (QED) is 0.179. The van der Waals surface area contributed by atoms with Gasteiger partial charge in [-0.25, -0.2) is 0 Å². The molecule has 1 N–H and O–H groups in total. The molecule has 4 aromatic rings. The third-order valence-corrected chi connectivity index (χ3v) is 6.96. The summed E-state index contributed by atoms with van der Waals surface area (Å²) in [5.41, 5.74) is 5.20. The van der Waals surface area contributed by atoms with E-state index >= 15 is 0 Å². The number of ether oxygens (including phenoxy) is 1. The number of carbonyl (C=O) groups excluding carboxylic acids is 2. The van der Waals surface area contributed by atoms with Crippen LogP contribution in [0.4, 0.5) is 5.69 Å². The molecule has 1 aromatic heterocycles. The van der Waals surface area contributed by atoms with Crippen molar-refractivity contribution in [2.75, 3.05) is 19.0 Å². The number of likely N-dealkylation sites (tertiary alicyclic amines) is 1. The van der Waals surface area contributed by atoms with Crippen LogP contribution < -0.4 is 9.64 Å². The molecule has 1 amide bonds. The standard InChI is InChI=1S/C33H31N3O4/c1-22-6-4-7-23(18-22)21-40-28-15-11-26(12-16-28)31(37)29-30(25-9-13-27(14-10-25)35(2)3)36(33(39)32(29)38)20-24-8-5-17-34-19-24/h4-19,30,37H,20-21H2,1-3H3/t30-/m1/s1. The summed E-state index contributed by atoms with van der Waals surface area (Å²) in [5, 5.41) is 11.4. The zero-order valence-electron chi connectivity index (χ0n) is 22.7. The molecule has 202 valence electrons. The number of aliphatic hydroxyl groups is 1. The van der Waals surface area contributed by atoms with Gasteiger partial charge in [0.05, 0.1) is 11.6 Å². The molecule has 0 aliphatic carbocycles. The second kappa shape index (κ2) is 11.5. The molecular formula is C33H31N3O4. The van der Waals surface area contributed by atoms with Gasteiger partial charge in [-0.1, -0.05) is 48.0 Å². The van der Waals surface area contributed by atoms with Crippen LogP contribution in [0.25, 0.3) is 5.76 Å². The summed E-state index contributed by atoms with van der Waals surface area (Å²) >= 11 is 0. The fraction of sp³-hybridized carbons (Fsp3) is 0.182. The predicted molar refractivity (Wildman–Crippen MR) is 155 cm³/mol. The van der Waals surface area contributed by atoms with E-state index in [0.717, 1.165) is 27.9 Å². The second-order valence-corrected chi connectivity index (χ2v) is 10.1. The SMILES string of the molecule is Cc1cccc(COc2ccc(C(O)=C3C(=O)C(=O)N(Cc4cccnc4)[C@@H]3c3ccc(N(C)C)cc3)cc2)c1. The first-order valence-electron chi connectivity index (χ1n) is 13.0. The van der Waals surface area contributed by atoms with E-state index in [2.05, 4.69) is 11.1 Å². The highest BCUT2D eigenvalue weighted by Crippen LogP contribution is 2.40. The van der Waals surface area contributed by atoms with Gasteiger partial charge in [-0.3, -0.25) is 14.6 Å². The van der Waals surface area contributed by atoms with Crippen molar-refractivity contribution in [3.63, 3.8) is 0 Å². The van der Waals surface area contributed by atoms with Crippen LogP contribution >= 0.6 is 0 Å². The minimum atomic E-state index is -0.756. The number of ketones is 1. The van der Waals surface area contributed by atoms with Crippen LogP contribution in [-0.4, -0.2) is 40.8 Å². The van der Waals surface area contributed by atoms with E-state index in [-0.39, 0.29) is 17.9 Å². The van der Waals surface area contributed by atoms with Gasteiger partial charge in [0.25, 0.3) is 11.7 Å². The van der Waals surface area contributed by atoms with E-state index in [4.69, 9.17) is 4.74 Å². The van der Waals surface area contributed by atoms with Crippen molar-refractivity contribution in [1.82, 2.24) is 9.88 Å². The number of aryl methyl sites for hydroxylation is 1. The van der Waals surface area contributed by atoms with Gasteiger partial charge in [-0.05, 0) is 66.1 Å². The Hall–Kier alpha value is -4.91. The number of pyridine rings is 1. The Labute approximate surface area is 234 Å². The van der Waals surface area contributed by atoms with Gasteiger partial charge in [-0.2, -0.15) is 0 Å². The topological polar surface area (TPSA) is 83.0 Å². The molecule has 1 atom stereocenters. The summed E-state index contributed by atoms with van der Waals surface area (Å²) in [6.07, 6.45) is 3.32. The highest BCUT2D eigenvalue weighted by atomic mass is 16.5. The number of Topliss-reactive ketones (excluding diaryl/α,β-unsaturated/α-hetero) is 1. The monoisotopic (exact) mass is 533 g/mol. The molecule has 2 heterocycles. The molecule has 0 bridgehead atoms. The zero-order chi connectivity index (χ0) is 28.2. The maximum Gasteiger partial charge on any atom is 0.295 e. The van der Waals surface area contributed by atoms with Crippen molar-refractivity contribution in [3.05, 3.63) is 131 Å². The molecular weight excluding hydrogens is 502 g/mol. The van der Waals surface area contributed by atoms with Crippen molar-refractivity contribution < 1.29 is 19.4 Å². The number of carbonyl (C=O) groups is 2. The summed E-state index contributed by atoms with van der Waals surface area (Å²) in [6, 6.07) is 25.5. The fourth-order valence-electron chi connectivity index (χ4n) is 4.87. The van der Waals surface area contributed by atoms with Gasteiger partial charge in [0.1, 0.15) is 18.1 Å². The molecule has 1 aliphatic heterocycles. The number of rotatable bonds is 8. The largest absolute Gasteiger partial charge is 0.507 e. The summed E-state index contributed by atoms with van der Waals surface area (Å²) in [4.78, 5) is 34.3. The number of anilines is 1. The molecule has 0 spiro atoms. The number of nitrogens with zero attached hydrogens (tertiary/aromatic N) is 3. The lowest BCUT2D eigenvalue weighted by molar-refractivity contribution is -0.140. The van der Waals surface area contributed by atoms with Crippen LogP contribution in [-0.2, 0) is 22.7 Å². The number of benzene rings is 3. The lowest BCUT2D eigenvalue weighted by Gasteiger charge is -2.26.